The zero-order chi connectivity index (χ0) is 38.6. The molecule has 2 aromatic carbocycles. The maximum atomic E-state index is 17.3. The maximum absolute atomic E-state index is 17.3. The summed E-state index contributed by atoms with van der Waals surface area (Å²) in [5.74, 6) is -4.20. The van der Waals surface area contributed by atoms with E-state index in [1.807, 2.05) is 18.7 Å². The second kappa shape index (κ2) is 16.5. The molecule has 0 amide bonds. The fraction of sp³-hybridized carbons (Fsp3) is 0.463. The van der Waals surface area contributed by atoms with E-state index >= 15 is 4.39 Å². The maximum Gasteiger partial charge on any atom is 0.416 e. The number of rotatable bonds is 7. The van der Waals surface area contributed by atoms with Crippen LogP contribution in [0.2, 0.25) is 0 Å². The van der Waals surface area contributed by atoms with Gasteiger partial charge in [-0.15, -0.1) is 24.8 Å². The Kier molecular flexibility index (Phi) is 12.7. The first-order valence-electron chi connectivity index (χ1n) is 18.3. The summed E-state index contributed by atoms with van der Waals surface area (Å²) in [6.07, 6.45) is -2.98. The number of aromatic nitrogens is 3. The molecule has 0 radical (unpaired) electrons. The third-order valence-electron chi connectivity index (χ3n) is 11.3. The van der Waals surface area contributed by atoms with Gasteiger partial charge in [-0.05, 0) is 90.8 Å². The van der Waals surface area contributed by atoms with Gasteiger partial charge in [0.2, 0.25) is 11.9 Å². The van der Waals surface area contributed by atoms with Crippen LogP contribution >= 0.6 is 24.8 Å². The molecule has 1 aliphatic heterocycles. The molecule has 2 aliphatic carbocycles. The van der Waals surface area contributed by atoms with Crippen molar-refractivity contribution in [2.75, 3.05) is 18.0 Å². The Morgan fingerprint density at radius 2 is 1.52 bits per heavy atom. The topological polar surface area (TPSA) is 99.4 Å². The van der Waals surface area contributed by atoms with Crippen molar-refractivity contribution in [1.82, 2.24) is 15.0 Å². The fourth-order valence-corrected chi connectivity index (χ4v) is 8.53. The molecule has 1 saturated heterocycles. The van der Waals surface area contributed by atoms with Crippen LogP contribution in [0.4, 0.5) is 32.3 Å². The normalized spacial score (nSPS) is 20.3. The lowest BCUT2D eigenvalue weighted by atomic mass is 9.68. The number of hydrogen-bond donors (Lipinski definition) is 2. The van der Waals surface area contributed by atoms with E-state index in [0.717, 1.165) is 24.3 Å². The molecule has 3 heterocycles. The number of benzene rings is 2. The summed E-state index contributed by atoms with van der Waals surface area (Å²) in [5, 5.41) is 21.0. The van der Waals surface area contributed by atoms with Gasteiger partial charge >= 0.3 is 12.1 Å². The van der Waals surface area contributed by atoms with Crippen molar-refractivity contribution in [2.45, 2.75) is 101 Å². The molecule has 7 nitrogen and oxygen atoms in total. The number of carboxylic acids is 1. The number of aliphatic hydroxyl groups excluding tert-OH is 1. The molecule has 56 heavy (non-hydrogen) atoms. The molecule has 3 aliphatic rings. The summed E-state index contributed by atoms with van der Waals surface area (Å²) in [7, 11) is 0. The second-order valence-corrected chi connectivity index (χ2v) is 15.8. The van der Waals surface area contributed by atoms with Crippen LogP contribution in [0.3, 0.4) is 0 Å². The van der Waals surface area contributed by atoms with E-state index in [1.54, 1.807) is 30.6 Å². The lowest BCUT2D eigenvalue weighted by Crippen LogP contribution is -2.36. The number of carbonyl (C=O) groups is 1. The highest BCUT2D eigenvalue weighted by Crippen LogP contribution is 2.52. The molecule has 2 fully saturated rings. The number of nitrogens with zero attached hydrogens (tertiary/aromatic N) is 4. The standard InChI is InChI=1S/C41H42F6N4O3.2ClH/c1-39(2)19-30-33(31(52)20-39)32(23-10-14-40(43,44)15-11-23)34(35(42)24-6-8-29(9-7-24)41(45,46)47)36(50-30)25-12-16-51(17-13-25)38-48-21-28(22-49-38)26-4-3-5-27(18-26)37(53)54;;/h3-9,18,21-23,25,31,35,52H,10-17,19-20H2,1-2H3,(H,53,54);2*1H/t31-,35-;;/m0../s1. The Hall–Kier alpha value is -3.94. The van der Waals surface area contributed by atoms with Crippen LogP contribution in [-0.2, 0) is 12.6 Å². The number of alkyl halides is 6. The predicted molar refractivity (Wildman–Crippen MR) is 205 cm³/mol. The van der Waals surface area contributed by atoms with E-state index in [2.05, 4.69) is 9.97 Å². The monoisotopic (exact) mass is 824 g/mol. The van der Waals surface area contributed by atoms with Crippen LogP contribution in [0.15, 0.2) is 60.9 Å². The smallest absolute Gasteiger partial charge is 0.416 e. The molecule has 0 bridgehead atoms. The molecule has 2 aromatic heterocycles. The lowest BCUT2D eigenvalue weighted by molar-refractivity contribution is -0.137. The molecule has 7 rings (SSSR count). The predicted octanol–water partition coefficient (Wildman–Crippen LogP) is 10.8. The van der Waals surface area contributed by atoms with Crippen LogP contribution < -0.4 is 4.90 Å². The average Bonchev–Trinajstić information content (AvgIpc) is 3.13. The van der Waals surface area contributed by atoms with Crippen molar-refractivity contribution >= 4 is 36.7 Å². The molecule has 2 atom stereocenters. The number of anilines is 1. The van der Waals surface area contributed by atoms with Crippen molar-refractivity contribution in [1.29, 1.82) is 0 Å². The molecule has 302 valence electrons. The van der Waals surface area contributed by atoms with Crippen molar-refractivity contribution in [2.24, 2.45) is 5.41 Å². The number of aromatic carboxylic acids is 1. The molecule has 2 N–H and O–H groups in total. The highest BCUT2D eigenvalue weighted by Gasteiger charge is 2.44. The first kappa shape index (κ1) is 43.2. The second-order valence-electron chi connectivity index (χ2n) is 15.8. The first-order valence-corrected chi connectivity index (χ1v) is 18.3. The van der Waals surface area contributed by atoms with Gasteiger partial charge < -0.3 is 15.1 Å². The molecule has 1 saturated carbocycles. The molecular weight excluding hydrogens is 781 g/mol. The van der Waals surface area contributed by atoms with Gasteiger partial charge in [0.25, 0.3) is 0 Å². The Morgan fingerprint density at radius 3 is 2.11 bits per heavy atom. The third kappa shape index (κ3) is 8.95. The molecule has 4 aromatic rings. The van der Waals surface area contributed by atoms with Gasteiger partial charge in [-0.2, -0.15) is 13.2 Å². The van der Waals surface area contributed by atoms with E-state index < -0.39 is 41.8 Å². The zero-order valence-electron chi connectivity index (χ0n) is 30.8. The van der Waals surface area contributed by atoms with E-state index in [9.17, 15) is 37.0 Å². The first-order chi connectivity index (χ1) is 25.5. The number of pyridine rings is 1. The number of hydrogen-bond acceptors (Lipinski definition) is 6. The van der Waals surface area contributed by atoms with Gasteiger partial charge in [0.15, 0.2) is 6.17 Å². The zero-order valence-corrected chi connectivity index (χ0v) is 32.5. The van der Waals surface area contributed by atoms with Crippen LogP contribution in [0, 0.1) is 5.41 Å². The molecular formula is C41H44Cl2F6N4O3. The van der Waals surface area contributed by atoms with Gasteiger partial charge in [-0.25, -0.2) is 27.9 Å². The highest BCUT2D eigenvalue weighted by atomic mass is 35.5. The highest BCUT2D eigenvalue weighted by molar-refractivity contribution is 5.89. The van der Waals surface area contributed by atoms with Crippen molar-refractivity contribution in [3.63, 3.8) is 0 Å². The van der Waals surface area contributed by atoms with Crippen LogP contribution in [-0.4, -0.2) is 50.1 Å². The number of halogens is 8. The van der Waals surface area contributed by atoms with Gasteiger partial charge in [-0.3, -0.25) is 4.98 Å². The number of piperidine rings is 1. The van der Waals surface area contributed by atoms with Crippen molar-refractivity contribution in [3.8, 4) is 11.1 Å². The van der Waals surface area contributed by atoms with Gasteiger partial charge in [-0.1, -0.05) is 38.1 Å². The summed E-state index contributed by atoms with van der Waals surface area (Å²) >= 11 is 0. The Balaban J connectivity index is 0.00000300. The van der Waals surface area contributed by atoms with Crippen molar-refractivity contribution < 1.29 is 41.4 Å². The Bertz CT molecular complexity index is 2010. The largest absolute Gasteiger partial charge is 0.478 e. The van der Waals surface area contributed by atoms with Gasteiger partial charge in [0.05, 0.1) is 22.9 Å². The number of carboxylic acid groups (broad SMARTS) is 1. The molecule has 15 heteroatoms. The minimum Gasteiger partial charge on any atom is -0.478 e. The number of aliphatic hydroxyl groups is 1. The third-order valence-corrected chi connectivity index (χ3v) is 11.3. The molecule has 0 unspecified atom stereocenters. The van der Waals surface area contributed by atoms with Gasteiger partial charge in [0.1, 0.15) is 0 Å². The van der Waals surface area contributed by atoms with Crippen LogP contribution in [0.25, 0.3) is 11.1 Å². The van der Waals surface area contributed by atoms with E-state index in [0.29, 0.717) is 78.4 Å². The summed E-state index contributed by atoms with van der Waals surface area (Å²) in [6.45, 7) is 4.99. The Morgan fingerprint density at radius 1 is 0.893 bits per heavy atom. The minimum atomic E-state index is -4.61. The molecule has 0 spiro atoms. The van der Waals surface area contributed by atoms with Crippen LogP contribution in [0.5, 0.6) is 0 Å². The van der Waals surface area contributed by atoms with Crippen LogP contribution in [0.1, 0.15) is 132 Å². The van der Waals surface area contributed by atoms with Gasteiger partial charge in [0, 0.05) is 66.6 Å². The Labute approximate surface area is 333 Å². The summed E-state index contributed by atoms with van der Waals surface area (Å²) in [4.78, 5) is 27.7. The minimum absolute atomic E-state index is 0. The number of fused-ring (bicyclic) bond motifs is 1. The summed E-state index contributed by atoms with van der Waals surface area (Å²) in [6, 6.07) is 10.4. The summed E-state index contributed by atoms with van der Waals surface area (Å²) in [5.41, 5.74) is 2.46. The van der Waals surface area contributed by atoms with E-state index in [-0.39, 0.29) is 78.5 Å². The lowest BCUT2D eigenvalue weighted by Gasteiger charge is -2.41. The quantitative estimate of drug-likeness (QED) is 0.179. The average molecular weight is 826 g/mol. The van der Waals surface area contributed by atoms with E-state index in [1.165, 1.54) is 6.07 Å². The fourth-order valence-electron chi connectivity index (χ4n) is 8.53. The summed E-state index contributed by atoms with van der Waals surface area (Å²) < 4.78 is 86.8. The SMILES string of the molecule is CC1(C)Cc2nc(C3CCN(c4ncc(-c5cccc(C(=O)O)c5)cn4)CC3)c([C@@H](F)c3ccc(C(F)(F)F)cc3)c(C3CCC(F)(F)CC3)c2[C@@H](O)C1.Cl.Cl. The van der Waals surface area contributed by atoms with E-state index in [4.69, 9.17) is 4.98 Å². The van der Waals surface area contributed by atoms with Crippen molar-refractivity contribution in [3.05, 3.63) is 106 Å².